The lowest BCUT2D eigenvalue weighted by molar-refractivity contribution is -0.140. The van der Waals surface area contributed by atoms with Gasteiger partial charge in [-0.2, -0.15) is 0 Å². The first kappa shape index (κ1) is 23.0. The van der Waals surface area contributed by atoms with Crippen molar-refractivity contribution in [3.05, 3.63) is 83.4 Å². The Kier molecular flexibility index (Phi) is 7.43. The first-order chi connectivity index (χ1) is 16.0. The topological polar surface area (TPSA) is 49.4 Å². The van der Waals surface area contributed by atoms with Crippen LogP contribution >= 0.6 is 0 Å². The van der Waals surface area contributed by atoms with Gasteiger partial charge in [0.2, 0.25) is 11.8 Å². The molecular weight excluding hydrogens is 408 g/mol. The van der Waals surface area contributed by atoms with Gasteiger partial charge in [0.1, 0.15) is 6.04 Å². The maximum absolute atomic E-state index is 13.5. The van der Waals surface area contributed by atoms with Crippen molar-refractivity contribution in [1.29, 1.82) is 0 Å². The molecule has 3 aromatic rings. The molecule has 33 heavy (non-hydrogen) atoms. The van der Waals surface area contributed by atoms with Gasteiger partial charge in [0.15, 0.2) is 0 Å². The number of carbonyl (C=O) groups excluding carboxylic acids is 2. The molecule has 0 bridgehead atoms. The Morgan fingerprint density at radius 2 is 1.73 bits per heavy atom. The molecule has 4 rings (SSSR count). The fourth-order valence-corrected chi connectivity index (χ4v) is 4.88. The lowest BCUT2D eigenvalue weighted by atomic mass is 10.0. The predicted molar refractivity (Wildman–Crippen MR) is 134 cm³/mol. The molecule has 2 amide bonds. The zero-order chi connectivity index (χ0) is 23.2. The Hall–Kier alpha value is -3.14. The normalized spacial score (nSPS) is 14.8. The van der Waals surface area contributed by atoms with Crippen LogP contribution in [0, 0.1) is 6.92 Å². The molecule has 4 heteroatoms. The Morgan fingerprint density at radius 3 is 2.52 bits per heavy atom. The van der Waals surface area contributed by atoms with Crippen LogP contribution < -0.4 is 5.32 Å². The number of hydrogen-bond donors (Lipinski definition) is 1. The number of amides is 2. The molecule has 4 nitrogen and oxygen atoms in total. The summed E-state index contributed by atoms with van der Waals surface area (Å²) in [5.74, 6) is -0.0356. The molecule has 0 heterocycles. The molecule has 172 valence electrons. The van der Waals surface area contributed by atoms with Gasteiger partial charge >= 0.3 is 0 Å². The first-order valence-electron chi connectivity index (χ1n) is 12.1. The van der Waals surface area contributed by atoms with Crippen molar-refractivity contribution in [3.8, 4) is 0 Å². The Balaban J connectivity index is 1.50. The van der Waals surface area contributed by atoms with E-state index in [4.69, 9.17) is 0 Å². The van der Waals surface area contributed by atoms with Crippen molar-refractivity contribution >= 4 is 22.6 Å². The van der Waals surface area contributed by atoms with E-state index in [0.29, 0.717) is 19.4 Å². The zero-order valence-electron chi connectivity index (χ0n) is 19.7. The number of benzene rings is 3. The minimum Gasteiger partial charge on any atom is -0.352 e. The van der Waals surface area contributed by atoms with Gasteiger partial charge in [-0.15, -0.1) is 0 Å². The van der Waals surface area contributed by atoms with Crippen molar-refractivity contribution in [2.45, 2.75) is 71.0 Å². The molecule has 1 aliphatic rings. The summed E-state index contributed by atoms with van der Waals surface area (Å²) in [5, 5.41) is 5.55. The molecule has 0 radical (unpaired) electrons. The maximum Gasteiger partial charge on any atom is 0.242 e. The van der Waals surface area contributed by atoms with Crippen LogP contribution in [0.25, 0.3) is 10.8 Å². The van der Waals surface area contributed by atoms with Crippen LogP contribution in [-0.4, -0.2) is 28.8 Å². The molecule has 0 unspecified atom stereocenters. The molecular formula is C29H34N2O2. The third-order valence-electron chi connectivity index (χ3n) is 6.79. The predicted octanol–water partition coefficient (Wildman–Crippen LogP) is 5.56. The standard InChI is InChI=1S/C29H34N2O2/c1-21-9-7-10-23(19-21)20-31(22(2)29(33)30-26-14-4-5-15-26)28(32)18-17-25-13-8-12-24-11-3-6-16-27(24)25/h3,6-13,16,19,22,26H,4-5,14-15,17-18,20H2,1-2H3,(H,30,33)/t22-/m1/s1. The second-order valence-electron chi connectivity index (χ2n) is 9.31. The summed E-state index contributed by atoms with van der Waals surface area (Å²) in [6.45, 7) is 4.34. The third-order valence-corrected chi connectivity index (χ3v) is 6.79. The highest BCUT2D eigenvalue weighted by molar-refractivity contribution is 5.89. The van der Waals surface area contributed by atoms with Crippen molar-refractivity contribution in [2.75, 3.05) is 0 Å². The largest absolute Gasteiger partial charge is 0.352 e. The van der Waals surface area contributed by atoms with E-state index in [1.807, 2.05) is 50.2 Å². The van der Waals surface area contributed by atoms with Gasteiger partial charge in [-0.3, -0.25) is 9.59 Å². The number of hydrogen-bond acceptors (Lipinski definition) is 2. The number of rotatable bonds is 8. The van der Waals surface area contributed by atoms with Crippen molar-refractivity contribution in [1.82, 2.24) is 10.2 Å². The summed E-state index contributed by atoms with van der Waals surface area (Å²) < 4.78 is 0. The van der Waals surface area contributed by atoms with Gasteiger partial charge in [0.05, 0.1) is 0 Å². The third kappa shape index (κ3) is 5.81. The molecule has 0 spiro atoms. The maximum atomic E-state index is 13.5. The fourth-order valence-electron chi connectivity index (χ4n) is 4.88. The van der Waals surface area contributed by atoms with E-state index < -0.39 is 6.04 Å². The lowest BCUT2D eigenvalue weighted by Crippen LogP contribution is -2.49. The second kappa shape index (κ2) is 10.7. The van der Waals surface area contributed by atoms with E-state index in [2.05, 4.69) is 35.6 Å². The molecule has 0 aromatic heterocycles. The zero-order valence-corrected chi connectivity index (χ0v) is 19.7. The van der Waals surface area contributed by atoms with E-state index in [-0.39, 0.29) is 17.9 Å². The van der Waals surface area contributed by atoms with Crippen LogP contribution in [-0.2, 0) is 22.6 Å². The van der Waals surface area contributed by atoms with Crippen molar-refractivity contribution in [2.24, 2.45) is 0 Å². The first-order valence-corrected chi connectivity index (χ1v) is 12.1. The van der Waals surface area contributed by atoms with E-state index in [1.165, 1.54) is 16.3 Å². The molecule has 3 aromatic carbocycles. The van der Waals surface area contributed by atoms with Crippen molar-refractivity contribution < 1.29 is 9.59 Å². The summed E-state index contributed by atoms with van der Waals surface area (Å²) in [5.41, 5.74) is 3.37. The van der Waals surface area contributed by atoms with Crippen LogP contribution in [0.1, 0.15) is 55.7 Å². The van der Waals surface area contributed by atoms with E-state index in [1.54, 1.807) is 4.90 Å². The van der Waals surface area contributed by atoms with Crippen LogP contribution in [0.5, 0.6) is 0 Å². The number of nitrogens with zero attached hydrogens (tertiary/aromatic N) is 1. The average molecular weight is 443 g/mol. The number of nitrogens with one attached hydrogen (secondary N) is 1. The van der Waals surface area contributed by atoms with Gasteiger partial charge in [0.25, 0.3) is 0 Å². The molecule has 1 N–H and O–H groups in total. The Labute approximate surface area is 197 Å². The molecule has 1 saturated carbocycles. The average Bonchev–Trinajstić information content (AvgIpc) is 3.33. The Morgan fingerprint density at radius 1 is 1.00 bits per heavy atom. The smallest absolute Gasteiger partial charge is 0.242 e. The van der Waals surface area contributed by atoms with Gasteiger partial charge in [-0.25, -0.2) is 0 Å². The van der Waals surface area contributed by atoms with Crippen LogP contribution in [0.3, 0.4) is 0 Å². The minimum atomic E-state index is -0.508. The van der Waals surface area contributed by atoms with Gasteiger partial charge in [-0.1, -0.05) is 85.1 Å². The summed E-state index contributed by atoms with van der Waals surface area (Å²) in [6, 6.07) is 22.4. The fraction of sp³-hybridized carbons (Fsp3) is 0.379. The van der Waals surface area contributed by atoms with Crippen LogP contribution in [0.15, 0.2) is 66.7 Å². The number of carbonyl (C=O) groups is 2. The summed E-state index contributed by atoms with van der Waals surface area (Å²) >= 11 is 0. The van der Waals surface area contributed by atoms with Crippen molar-refractivity contribution in [3.63, 3.8) is 0 Å². The summed E-state index contributed by atoms with van der Waals surface area (Å²) in [4.78, 5) is 28.3. The summed E-state index contributed by atoms with van der Waals surface area (Å²) in [7, 11) is 0. The highest BCUT2D eigenvalue weighted by Gasteiger charge is 2.28. The Bertz CT molecular complexity index is 1110. The van der Waals surface area contributed by atoms with E-state index >= 15 is 0 Å². The monoisotopic (exact) mass is 442 g/mol. The van der Waals surface area contributed by atoms with E-state index in [9.17, 15) is 9.59 Å². The highest BCUT2D eigenvalue weighted by atomic mass is 16.2. The van der Waals surface area contributed by atoms with Crippen LogP contribution in [0.2, 0.25) is 0 Å². The van der Waals surface area contributed by atoms with Gasteiger partial charge in [-0.05, 0) is 55.0 Å². The highest BCUT2D eigenvalue weighted by Crippen LogP contribution is 2.22. The van der Waals surface area contributed by atoms with E-state index in [0.717, 1.165) is 36.8 Å². The second-order valence-corrected chi connectivity index (χ2v) is 9.31. The number of fused-ring (bicyclic) bond motifs is 1. The van der Waals surface area contributed by atoms with Gasteiger partial charge in [0, 0.05) is 19.0 Å². The minimum absolute atomic E-state index is 0.0125. The quantitative estimate of drug-likeness (QED) is 0.497. The summed E-state index contributed by atoms with van der Waals surface area (Å²) in [6.07, 6.45) is 5.42. The molecule has 1 atom stereocenters. The lowest BCUT2D eigenvalue weighted by Gasteiger charge is -2.30. The molecule has 1 aliphatic carbocycles. The molecule has 0 aliphatic heterocycles. The molecule has 1 fully saturated rings. The SMILES string of the molecule is Cc1cccc(CN(C(=O)CCc2cccc3ccccc23)[C@H](C)C(=O)NC2CCCC2)c1. The number of aryl methyl sites for hydroxylation is 2. The van der Waals surface area contributed by atoms with Gasteiger partial charge < -0.3 is 10.2 Å². The van der Waals surface area contributed by atoms with Crippen LogP contribution in [0.4, 0.5) is 0 Å². The molecule has 0 saturated heterocycles.